The summed E-state index contributed by atoms with van der Waals surface area (Å²) >= 11 is 0.716. The summed E-state index contributed by atoms with van der Waals surface area (Å²) in [6, 6.07) is 0. The molecule has 0 amide bonds. The molecule has 1 aromatic heterocycles. The van der Waals surface area contributed by atoms with Crippen molar-refractivity contribution in [2.24, 2.45) is 0 Å². The van der Waals surface area contributed by atoms with E-state index in [-0.39, 0.29) is 10.8 Å². The highest BCUT2D eigenvalue weighted by atomic mass is 32.2. The van der Waals surface area contributed by atoms with E-state index < -0.39 is 20.6 Å². The minimum absolute atomic E-state index is 0.132. The molecule has 1 N–H and O–H groups in total. The highest BCUT2D eigenvalue weighted by Crippen LogP contribution is 2.51. The molecule has 8 heteroatoms. The molecule has 0 bridgehead atoms. The number of carboxylic acid groups (broad SMARTS) is 1. The zero-order chi connectivity index (χ0) is 13.3. The second kappa shape index (κ2) is 4.69. The average molecular weight is 278 g/mol. The fraction of sp³-hybridized carbons (Fsp3) is 0.667. The molecule has 0 unspecified atom stereocenters. The fourth-order valence-electron chi connectivity index (χ4n) is 1.37. The van der Waals surface area contributed by atoms with Crippen LogP contribution in [-0.4, -0.2) is 35.1 Å². The maximum Gasteiger partial charge on any atom is 0.366 e. The second-order valence-electron chi connectivity index (χ2n) is 3.49. The van der Waals surface area contributed by atoms with E-state index in [9.17, 15) is 13.2 Å². The first-order valence-corrected chi connectivity index (χ1v) is 7.80. The van der Waals surface area contributed by atoms with Crippen molar-refractivity contribution in [2.75, 3.05) is 6.26 Å². The Labute approximate surface area is 104 Å². The van der Waals surface area contributed by atoms with Crippen molar-refractivity contribution in [3.8, 4) is 0 Å². The number of carbonyl (C=O) groups is 1. The number of carboxylic acids is 1. The standard InChI is InChI=1S/C7H8N2O4S2.C2H6/c1-15(12,13)7(2-3-7)6-8-4(5(10)11)14-9-6;1-2/h2-3H2,1H3,(H,10,11);1-2H3. The lowest BCUT2D eigenvalue weighted by Crippen LogP contribution is -2.20. The van der Waals surface area contributed by atoms with E-state index in [1.165, 1.54) is 0 Å². The Kier molecular flexibility index (Phi) is 3.88. The molecule has 0 aromatic carbocycles. The topological polar surface area (TPSA) is 97.2 Å². The number of hydrogen-bond acceptors (Lipinski definition) is 6. The third-order valence-electron chi connectivity index (χ3n) is 2.43. The molecule has 0 spiro atoms. The number of aromatic carboxylic acids is 1. The number of sulfone groups is 1. The Morgan fingerprint density at radius 2 is 1.94 bits per heavy atom. The summed E-state index contributed by atoms with van der Waals surface area (Å²) in [5, 5.41) is 8.48. The largest absolute Gasteiger partial charge is 0.476 e. The molecular formula is C9H14N2O4S2. The molecule has 1 aromatic rings. The summed E-state index contributed by atoms with van der Waals surface area (Å²) in [6.07, 6.45) is 2.07. The van der Waals surface area contributed by atoms with E-state index in [2.05, 4.69) is 9.36 Å². The lowest BCUT2D eigenvalue weighted by molar-refractivity contribution is 0.0696. The van der Waals surface area contributed by atoms with Crippen LogP contribution in [0.2, 0.25) is 0 Å². The monoisotopic (exact) mass is 278 g/mol. The maximum atomic E-state index is 11.5. The Bertz CT molecular complexity index is 517. The minimum Gasteiger partial charge on any atom is -0.476 e. The first-order chi connectivity index (χ1) is 7.87. The van der Waals surface area contributed by atoms with Crippen LogP contribution in [0.5, 0.6) is 0 Å². The van der Waals surface area contributed by atoms with Gasteiger partial charge in [0.1, 0.15) is 4.75 Å². The van der Waals surface area contributed by atoms with Crippen molar-refractivity contribution >= 4 is 27.3 Å². The van der Waals surface area contributed by atoms with E-state index in [1.807, 2.05) is 13.8 Å². The van der Waals surface area contributed by atoms with Crippen LogP contribution in [-0.2, 0) is 14.6 Å². The van der Waals surface area contributed by atoms with Crippen LogP contribution in [0.25, 0.3) is 0 Å². The summed E-state index contributed by atoms with van der Waals surface area (Å²) in [5.74, 6) is -1.05. The number of nitrogens with zero attached hydrogens (tertiary/aromatic N) is 2. The van der Waals surface area contributed by atoms with E-state index in [0.717, 1.165) is 6.26 Å². The van der Waals surface area contributed by atoms with Crippen molar-refractivity contribution in [1.82, 2.24) is 9.36 Å². The highest BCUT2D eigenvalue weighted by molar-refractivity contribution is 7.91. The van der Waals surface area contributed by atoms with Crippen LogP contribution >= 0.6 is 11.5 Å². The molecule has 1 fully saturated rings. The quantitative estimate of drug-likeness (QED) is 0.895. The third kappa shape index (κ3) is 2.47. The number of aromatic nitrogens is 2. The van der Waals surface area contributed by atoms with Gasteiger partial charge in [0.25, 0.3) is 0 Å². The first-order valence-electron chi connectivity index (χ1n) is 5.14. The van der Waals surface area contributed by atoms with Gasteiger partial charge in [-0.3, -0.25) is 0 Å². The number of hydrogen-bond donors (Lipinski definition) is 1. The second-order valence-corrected chi connectivity index (χ2v) is 6.57. The van der Waals surface area contributed by atoms with Gasteiger partial charge in [0.2, 0.25) is 5.01 Å². The Balaban J connectivity index is 0.000000686. The summed E-state index contributed by atoms with van der Waals surface area (Å²) in [7, 11) is -3.27. The molecule has 0 saturated heterocycles. The molecule has 1 aliphatic carbocycles. The molecular weight excluding hydrogens is 264 g/mol. The summed E-state index contributed by atoms with van der Waals surface area (Å²) in [5.41, 5.74) is 0. The minimum atomic E-state index is -3.27. The first kappa shape index (κ1) is 14.0. The highest BCUT2D eigenvalue weighted by Gasteiger charge is 2.56. The van der Waals surface area contributed by atoms with E-state index in [4.69, 9.17) is 5.11 Å². The molecule has 1 heterocycles. The predicted molar refractivity (Wildman–Crippen MR) is 64.0 cm³/mol. The van der Waals surface area contributed by atoms with Gasteiger partial charge in [-0.25, -0.2) is 18.2 Å². The molecule has 0 radical (unpaired) electrons. The van der Waals surface area contributed by atoms with Crippen molar-refractivity contribution in [3.05, 3.63) is 10.8 Å². The summed E-state index contributed by atoms with van der Waals surface area (Å²) in [6.45, 7) is 4.00. The van der Waals surface area contributed by atoms with Gasteiger partial charge in [0.15, 0.2) is 15.7 Å². The summed E-state index contributed by atoms with van der Waals surface area (Å²) < 4.78 is 25.7. The van der Waals surface area contributed by atoms with Crippen LogP contribution in [0, 0.1) is 0 Å². The van der Waals surface area contributed by atoms with Crippen LogP contribution in [0.3, 0.4) is 0 Å². The SMILES string of the molecule is CC.CS(=O)(=O)C1(c2nsc(C(=O)O)n2)CC1. The van der Waals surface area contributed by atoms with Gasteiger partial charge in [-0.2, -0.15) is 4.37 Å². The van der Waals surface area contributed by atoms with Crippen LogP contribution in [0.15, 0.2) is 0 Å². The lowest BCUT2D eigenvalue weighted by atomic mass is 10.4. The molecule has 17 heavy (non-hydrogen) atoms. The van der Waals surface area contributed by atoms with Gasteiger partial charge in [0.05, 0.1) is 0 Å². The number of rotatable bonds is 3. The lowest BCUT2D eigenvalue weighted by Gasteiger charge is -2.06. The van der Waals surface area contributed by atoms with Gasteiger partial charge in [0, 0.05) is 6.26 Å². The van der Waals surface area contributed by atoms with Gasteiger partial charge >= 0.3 is 5.97 Å². The Hall–Kier alpha value is -1.02. The van der Waals surface area contributed by atoms with Crippen molar-refractivity contribution in [1.29, 1.82) is 0 Å². The van der Waals surface area contributed by atoms with E-state index in [1.54, 1.807) is 0 Å². The van der Waals surface area contributed by atoms with Crippen LogP contribution < -0.4 is 0 Å². The smallest absolute Gasteiger partial charge is 0.366 e. The van der Waals surface area contributed by atoms with Crippen molar-refractivity contribution < 1.29 is 18.3 Å². The third-order valence-corrected chi connectivity index (χ3v) is 5.14. The van der Waals surface area contributed by atoms with Gasteiger partial charge in [-0.05, 0) is 24.4 Å². The zero-order valence-electron chi connectivity index (χ0n) is 9.80. The molecule has 1 aliphatic rings. The zero-order valence-corrected chi connectivity index (χ0v) is 11.4. The average Bonchev–Trinajstić information content (AvgIpc) is 2.93. The molecule has 96 valence electrons. The van der Waals surface area contributed by atoms with E-state index in [0.29, 0.717) is 24.4 Å². The molecule has 1 saturated carbocycles. The normalized spacial score (nSPS) is 16.9. The van der Waals surface area contributed by atoms with Crippen LogP contribution in [0.1, 0.15) is 42.3 Å². The van der Waals surface area contributed by atoms with Gasteiger partial charge in [-0.15, -0.1) is 0 Å². The van der Waals surface area contributed by atoms with E-state index >= 15 is 0 Å². The molecule has 0 aliphatic heterocycles. The van der Waals surface area contributed by atoms with Gasteiger partial charge in [-0.1, -0.05) is 13.8 Å². The Morgan fingerprint density at radius 3 is 2.24 bits per heavy atom. The molecule has 0 atom stereocenters. The van der Waals surface area contributed by atoms with Gasteiger partial charge < -0.3 is 5.11 Å². The van der Waals surface area contributed by atoms with Crippen molar-refractivity contribution in [3.63, 3.8) is 0 Å². The molecule has 6 nitrogen and oxygen atoms in total. The van der Waals surface area contributed by atoms with Crippen molar-refractivity contribution in [2.45, 2.75) is 31.4 Å². The molecule has 2 rings (SSSR count). The fourth-order valence-corrected chi connectivity index (χ4v) is 3.29. The predicted octanol–water partition coefficient (Wildman–Crippen LogP) is 1.30. The van der Waals surface area contributed by atoms with Crippen LogP contribution in [0.4, 0.5) is 0 Å². The maximum absolute atomic E-state index is 11.5. The summed E-state index contributed by atoms with van der Waals surface area (Å²) in [4.78, 5) is 14.3. The Morgan fingerprint density at radius 1 is 1.41 bits per heavy atom.